The zero-order chi connectivity index (χ0) is 12.3. The van der Waals surface area contributed by atoms with E-state index in [1.165, 1.54) is 24.8 Å². The molecule has 1 atom stereocenters. The second-order valence-corrected chi connectivity index (χ2v) is 5.52. The van der Waals surface area contributed by atoms with Gasteiger partial charge in [-0.15, -0.1) is 0 Å². The Morgan fingerprint density at radius 1 is 1.47 bits per heavy atom. The Labute approximate surface area is 104 Å². The lowest BCUT2D eigenvalue weighted by Crippen LogP contribution is -2.37. The first-order chi connectivity index (χ1) is 8.12. The van der Waals surface area contributed by atoms with Gasteiger partial charge in [-0.1, -0.05) is 26.3 Å². The Kier molecular flexibility index (Phi) is 3.67. The highest BCUT2D eigenvalue weighted by molar-refractivity contribution is 5.17. The molecular weight excluding hydrogens is 212 g/mol. The zero-order valence-corrected chi connectivity index (χ0v) is 11.0. The molecule has 0 saturated heterocycles. The molecule has 0 aromatic carbocycles. The summed E-state index contributed by atoms with van der Waals surface area (Å²) < 4.78 is 5.05. The number of pyridine rings is 1. The number of hydrogen-bond donors (Lipinski definition) is 1. The summed E-state index contributed by atoms with van der Waals surface area (Å²) in [5.74, 6) is 0.676. The SMILES string of the molecule is COc1ccc(CNC2CCCC2(C)C)cn1. The van der Waals surface area contributed by atoms with Gasteiger partial charge in [0.2, 0.25) is 5.88 Å². The van der Waals surface area contributed by atoms with Crippen LogP contribution in [0.2, 0.25) is 0 Å². The van der Waals surface area contributed by atoms with Crippen molar-refractivity contribution in [3.63, 3.8) is 0 Å². The van der Waals surface area contributed by atoms with Gasteiger partial charge in [-0.25, -0.2) is 4.98 Å². The van der Waals surface area contributed by atoms with Crippen molar-refractivity contribution in [1.82, 2.24) is 10.3 Å². The molecule has 1 heterocycles. The van der Waals surface area contributed by atoms with E-state index in [1.807, 2.05) is 12.3 Å². The minimum Gasteiger partial charge on any atom is -0.481 e. The third-order valence-electron chi connectivity index (χ3n) is 3.82. The maximum atomic E-state index is 5.05. The van der Waals surface area contributed by atoms with Crippen LogP contribution in [-0.2, 0) is 6.54 Å². The number of nitrogens with zero attached hydrogens (tertiary/aromatic N) is 1. The van der Waals surface area contributed by atoms with Crippen LogP contribution >= 0.6 is 0 Å². The largest absolute Gasteiger partial charge is 0.481 e. The van der Waals surface area contributed by atoms with Crippen molar-refractivity contribution in [1.29, 1.82) is 0 Å². The Morgan fingerprint density at radius 2 is 2.29 bits per heavy atom. The van der Waals surface area contributed by atoms with Gasteiger partial charge in [0.15, 0.2) is 0 Å². The van der Waals surface area contributed by atoms with Crippen molar-refractivity contribution in [2.45, 2.75) is 45.7 Å². The molecular formula is C14H22N2O. The van der Waals surface area contributed by atoms with Crippen LogP contribution in [0.1, 0.15) is 38.7 Å². The predicted molar refractivity (Wildman–Crippen MR) is 69.0 cm³/mol. The minimum atomic E-state index is 0.430. The van der Waals surface area contributed by atoms with E-state index < -0.39 is 0 Å². The summed E-state index contributed by atoms with van der Waals surface area (Å²) in [4.78, 5) is 4.22. The van der Waals surface area contributed by atoms with E-state index in [1.54, 1.807) is 7.11 Å². The summed E-state index contributed by atoms with van der Waals surface area (Å²) in [5.41, 5.74) is 1.65. The molecule has 1 fully saturated rings. The summed E-state index contributed by atoms with van der Waals surface area (Å²) in [6.45, 7) is 5.60. The Morgan fingerprint density at radius 3 is 2.82 bits per heavy atom. The van der Waals surface area contributed by atoms with Gasteiger partial charge in [0, 0.05) is 24.8 Å². The molecule has 17 heavy (non-hydrogen) atoms. The van der Waals surface area contributed by atoms with Crippen molar-refractivity contribution in [2.24, 2.45) is 5.41 Å². The molecule has 0 amide bonds. The fourth-order valence-corrected chi connectivity index (χ4v) is 2.58. The van der Waals surface area contributed by atoms with Gasteiger partial charge in [0.05, 0.1) is 7.11 Å². The average molecular weight is 234 g/mol. The highest BCUT2D eigenvalue weighted by atomic mass is 16.5. The second-order valence-electron chi connectivity index (χ2n) is 5.52. The van der Waals surface area contributed by atoms with E-state index in [0.717, 1.165) is 6.54 Å². The normalized spacial score (nSPS) is 22.6. The van der Waals surface area contributed by atoms with Crippen molar-refractivity contribution in [3.8, 4) is 5.88 Å². The van der Waals surface area contributed by atoms with Crippen LogP contribution in [-0.4, -0.2) is 18.1 Å². The summed E-state index contributed by atoms with van der Waals surface area (Å²) in [6.07, 6.45) is 5.83. The van der Waals surface area contributed by atoms with Gasteiger partial charge < -0.3 is 10.1 Å². The summed E-state index contributed by atoms with van der Waals surface area (Å²) in [5, 5.41) is 3.64. The van der Waals surface area contributed by atoms with Crippen LogP contribution in [0.15, 0.2) is 18.3 Å². The Bertz CT molecular complexity index is 359. The monoisotopic (exact) mass is 234 g/mol. The number of nitrogens with one attached hydrogen (secondary N) is 1. The van der Waals surface area contributed by atoms with E-state index in [0.29, 0.717) is 17.3 Å². The quantitative estimate of drug-likeness (QED) is 0.870. The van der Waals surface area contributed by atoms with Gasteiger partial charge in [0.25, 0.3) is 0 Å². The lowest BCUT2D eigenvalue weighted by molar-refractivity contribution is 0.282. The summed E-state index contributed by atoms with van der Waals surface area (Å²) in [6, 6.07) is 4.61. The van der Waals surface area contributed by atoms with Crippen molar-refractivity contribution >= 4 is 0 Å². The smallest absolute Gasteiger partial charge is 0.212 e. The number of aromatic nitrogens is 1. The summed E-state index contributed by atoms with van der Waals surface area (Å²) in [7, 11) is 1.64. The molecule has 0 aliphatic heterocycles. The van der Waals surface area contributed by atoms with E-state index in [9.17, 15) is 0 Å². The lowest BCUT2D eigenvalue weighted by Gasteiger charge is -2.28. The van der Waals surface area contributed by atoms with Gasteiger partial charge in [-0.2, -0.15) is 0 Å². The molecule has 0 radical (unpaired) electrons. The molecule has 1 unspecified atom stereocenters. The highest BCUT2D eigenvalue weighted by Crippen LogP contribution is 2.37. The van der Waals surface area contributed by atoms with Crippen molar-refractivity contribution < 1.29 is 4.74 Å². The third kappa shape index (κ3) is 2.97. The van der Waals surface area contributed by atoms with Crippen LogP contribution < -0.4 is 10.1 Å². The molecule has 1 aromatic rings. The molecule has 1 aromatic heterocycles. The maximum Gasteiger partial charge on any atom is 0.212 e. The topological polar surface area (TPSA) is 34.1 Å². The van der Waals surface area contributed by atoms with Gasteiger partial charge in [-0.3, -0.25) is 0 Å². The minimum absolute atomic E-state index is 0.430. The van der Waals surface area contributed by atoms with Crippen LogP contribution in [0, 0.1) is 5.41 Å². The Balaban J connectivity index is 1.89. The van der Waals surface area contributed by atoms with Gasteiger partial charge in [-0.05, 0) is 23.8 Å². The fourth-order valence-electron chi connectivity index (χ4n) is 2.58. The predicted octanol–water partition coefficient (Wildman–Crippen LogP) is 2.76. The summed E-state index contributed by atoms with van der Waals surface area (Å²) >= 11 is 0. The number of hydrogen-bond acceptors (Lipinski definition) is 3. The number of methoxy groups -OCH3 is 1. The first kappa shape index (κ1) is 12.4. The Hall–Kier alpha value is -1.09. The van der Waals surface area contributed by atoms with Crippen LogP contribution in [0.25, 0.3) is 0 Å². The standard InChI is InChI=1S/C14H22N2O/c1-14(2)8-4-5-12(14)15-9-11-6-7-13(17-3)16-10-11/h6-7,10,12,15H,4-5,8-9H2,1-3H3. The zero-order valence-electron chi connectivity index (χ0n) is 11.0. The van der Waals surface area contributed by atoms with Crippen molar-refractivity contribution in [3.05, 3.63) is 23.9 Å². The highest BCUT2D eigenvalue weighted by Gasteiger charge is 2.33. The van der Waals surface area contributed by atoms with Gasteiger partial charge >= 0.3 is 0 Å². The molecule has 2 rings (SSSR count). The first-order valence-electron chi connectivity index (χ1n) is 6.34. The van der Waals surface area contributed by atoms with E-state index in [2.05, 4.69) is 30.2 Å². The second kappa shape index (κ2) is 5.05. The lowest BCUT2D eigenvalue weighted by atomic mass is 9.87. The van der Waals surface area contributed by atoms with Crippen LogP contribution in [0.5, 0.6) is 5.88 Å². The van der Waals surface area contributed by atoms with Crippen molar-refractivity contribution in [2.75, 3.05) is 7.11 Å². The molecule has 1 saturated carbocycles. The molecule has 1 aliphatic rings. The fraction of sp³-hybridized carbons (Fsp3) is 0.643. The molecule has 1 N–H and O–H groups in total. The molecule has 3 nitrogen and oxygen atoms in total. The van der Waals surface area contributed by atoms with Crippen LogP contribution in [0.4, 0.5) is 0 Å². The molecule has 94 valence electrons. The maximum absolute atomic E-state index is 5.05. The van der Waals surface area contributed by atoms with Gasteiger partial charge in [0.1, 0.15) is 0 Å². The van der Waals surface area contributed by atoms with Crippen LogP contribution in [0.3, 0.4) is 0 Å². The molecule has 3 heteroatoms. The first-order valence-corrected chi connectivity index (χ1v) is 6.34. The third-order valence-corrected chi connectivity index (χ3v) is 3.82. The molecule has 0 bridgehead atoms. The molecule has 1 aliphatic carbocycles. The van der Waals surface area contributed by atoms with E-state index in [4.69, 9.17) is 4.74 Å². The molecule has 0 spiro atoms. The van der Waals surface area contributed by atoms with E-state index >= 15 is 0 Å². The number of rotatable bonds is 4. The number of ether oxygens (including phenoxy) is 1. The van der Waals surface area contributed by atoms with E-state index in [-0.39, 0.29) is 0 Å². The average Bonchev–Trinajstić information content (AvgIpc) is 2.66.